The predicted molar refractivity (Wildman–Crippen MR) is 129 cm³/mol. The zero-order valence-corrected chi connectivity index (χ0v) is 17.8. The van der Waals surface area contributed by atoms with Gasteiger partial charge < -0.3 is 10.5 Å². The molecule has 0 atom stereocenters. The van der Waals surface area contributed by atoms with Crippen molar-refractivity contribution in [3.63, 3.8) is 0 Å². The van der Waals surface area contributed by atoms with Crippen molar-refractivity contribution >= 4 is 21.7 Å². The molecule has 0 unspecified atom stereocenters. The first-order valence-electron chi connectivity index (χ1n) is 10.5. The molecule has 0 spiro atoms. The Hall–Kier alpha value is -3.96. The van der Waals surface area contributed by atoms with Gasteiger partial charge >= 0.3 is 0 Å². The molecular weight excluding hydrogens is 398 g/mol. The van der Waals surface area contributed by atoms with Gasteiger partial charge in [0.2, 0.25) is 0 Å². The standard InChI is InChI=1S/C27H23N3O2/c1-32-23-11-12-25-24(15-23)27(31)30(17-19-6-4-5-18(13-19)16-28)26(29-25)22-10-9-20-7-2-3-8-21(20)14-22/h2-15H,16-17,28H2,1H3. The Morgan fingerprint density at radius 1 is 0.875 bits per heavy atom. The first-order valence-corrected chi connectivity index (χ1v) is 10.5. The van der Waals surface area contributed by atoms with Gasteiger partial charge in [-0.1, -0.05) is 60.7 Å². The molecule has 5 heteroatoms. The molecule has 0 bridgehead atoms. The minimum Gasteiger partial charge on any atom is -0.497 e. The van der Waals surface area contributed by atoms with Gasteiger partial charge in [0, 0.05) is 12.1 Å². The van der Waals surface area contributed by atoms with Crippen molar-refractivity contribution in [2.45, 2.75) is 13.1 Å². The number of aromatic nitrogens is 2. The van der Waals surface area contributed by atoms with Crippen LogP contribution < -0.4 is 16.0 Å². The number of nitrogens with two attached hydrogens (primary N) is 1. The fraction of sp³-hybridized carbons (Fsp3) is 0.111. The van der Waals surface area contributed by atoms with Crippen molar-refractivity contribution in [1.82, 2.24) is 9.55 Å². The third kappa shape index (κ3) is 3.63. The van der Waals surface area contributed by atoms with Crippen LogP contribution in [-0.4, -0.2) is 16.7 Å². The highest BCUT2D eigenvalue weighted by Gasteiger charge is 2.15. The van der Waals surface area contributed by atoms with Crippen LogP contribution in [0.15, 0.2) is 89.7 Å². The lowest BCUT2D eigenvalue weighted by atomic mass is 10.1. The number of nitrogens with zero attached hydrogens (tertiary/aromatic N) is 2. The molecule has 0 saturated heterocycles. The fourth-order valence-electron chi connectivity index (χ4n) is 4.06. The quantitative estimate of drug-likeness (QED) is 0.445. The van der Waals surface area contributed by atoms with Crippen LogP contribution in [0, 0.1) is 0 Å². The topological polar surface area (TPSA) is 70.1 Å². The summed E-state index contributed by atoms with van der Waals surface area (Å²) in [6, 6.07) is 27.7. The van der Waals surface area contributed by atoms with Gasteiger partial charge in [0.25, 0.3) is 5.56 Å². The molecule has 2 N–H and O–H groups in total. The largest absolute Gasteiger partial charge is 0.497 e. The zero-order chi connectivity index (χ0) is 22.1. The van der Waals surface area contributed by atoms with E-state index in [-0.39, 0.29) is 5.56 Å². The molecule has 1 aromatic heterocycles. The molecule has 5 nitrogen and oxygen atoms in total. The van der Waals surface area contributed by atoms with Gasteiger partial charge in [-0.25, -0.2) is 4.98 Å². The second-order valence-electron chi connectivity index (χ2n) is 7.80. The van der Waals surface area contributed by atoms with Gasteiger partial charge in [-0.2, -0.15) is 0 Å². The SMILES string of the molecule is COc1ccc2nc(-c3ccc4ccccc4c3)n(Cc3cccc(CN)c3)c(=O)c2c1. The lowest BCUT2D eigenvalue weighted by Gasteiger charge is -2.15. The van der Waals surface area contributed by atoms with Crippen LogP contribution in [0.5, 0.6) is 5.75 Å². The summed E-state index contributed by atoms with van der Waals surface area (Å²) in [7, 11) is 1.59. The summed E-state index contributed by atoms with van der Waals surface area (Å²) in [5.74, 6) is 1.27. The Bertz CT molecular complexity index is 1500. The zero-order valence-electron chi connectivity index (χ0n) is 17.8. The Morgan fingerprint density at radius 3 is 2.50 bits per heavy atom. The first-order chi connectivity index (χ1) is 15.7. The monoisotopic (exact) mass is 421 g/mol. The number of fused-ring (bicyclic) bond motifs is 2. The summed E-state index contributed by atoms with van der Waals surface area (Å²) in [4.78, 5) is 18.6. The van der Waals surface area contributed by atoms with Crippen molar-refractivity contribution in [2.75, 3.05) is 7.11 Å². The average Bonchev–Trinajstić information content (AvgIpc) is 2.85. The van der Waals surface area contributed by atoms with Gasteiger partial charge in [-0.3, -0.25) is 9.36 Å². The number of hydrogen-bond donors (Lipinski definition) is 1. The third-order valence-electron chi connectivity index (χ3n) is 5.74. The van der Waals surface area contributed by atoms with E-state index >= 15 is 0 Å². The smallest absolute Gasteiger partial charge is 0.262 e. The number of ether oxygens (including phenoxy) is 1. The number of benzene rings is 4. The molecule has 0 aliphatic rings. The van der Waals surface area contributed by atoms with Crippen LogP contribution in [0.1, 0.15) is 11.1 Å². The Labute approximate surface area is 185 Å². The van der Waals surface area contributed by atoms with Crippen LogP contribution in [0.3, 0.4) is 0 Å². The maximum Gasteiger partial charge on any atom is 0.262 e. The first kappa shape index (κ1) is 20.0. The summed E-state index contributed by atoms with van der Waals surface area (Å²) in [6.45, 7) is 0.850. The maximum atomic E-state index is 13.7. The van der Waals surface area contributed by atoms with Crippen LogP contribution in [0.4, 0.5) is 0 Å². The predicted octanol–water partition coefficient (Wildman–Crippen LogP) is 4.73. The van der Waals surface area contributed by atoms with Crippen molar-refractivity contribution < 1.29 is 4.74 Å². The minimum atomic E-state index is -0.102. The van der Waals surface area contributed by atoms with E-state index in [0.29, 0.717) is 35.6 Å². The van der Waals surface area contributed by atoms with E-state index in [1.165, 1.54) is 0 Å². The summed E-state index contributed by atoms with van der Waals surface area (Å²) < 4.78 is 7.08. The van der Waals surface area contributed by atoms with Crippen molar-refractivity contribution in [3.8, 4) is 17.1 Å². The molecule has 0 fully saturated rings. The van der Waals surface area contributed by atoms with E-state index in [1.54, 1.807) is 17.7 Å². The van der Waals surface area contributed by atoms with Crippen molar-refractivity contribution in [1.29, 1.82) is 0 Å². The molecule has 0 aliphatic heterocycles. The Balaban J connectivity index is 1.75. The number of hydrogen-bond acceptors (Lipinski definition) is 4. The summed E-state index contributed by atoms with van der Waals surface area (Å²) >= 11 is 0. The summed E-state index contributed by atoms with van der Waals surface area (Å²) in [6.07, 6.45) is 0. The molecule has 1 heterocycles. The second-order valence-corrected chi connectivity index (χ2v) is 7.80. The molecule has 32 heavy (non-hydrogen) atoms. The highest BCUT2D eigenvalue weighted by atomic mass is 16.5. The van der Waals surface area contributed by atoms with E-state index in [9.17, 15) is 4.79 Å². The van der Waals surface area contributed by atoms with Crippen LogP contribution >= 0.6 is 0 Å². The summed E-state index contributed by atoms with van der Waals surface area (Å²) in [5, 5.41) is 2.78. The van der Waals surface area contributed by atoms with Crippen LogP contribution in [0.25, 0.3) is 33.1 Å². The van der Waals surface area contributed by atoms with E-state index in [2.05, 4.69) is 24.3 Å². The van der Waals surface area contributed by atoms with E-state index in [4.69, 9.17) is 15.5 Å². The molecule has 0 radical (unpaired) electrons. The second kappa shape index (κ2) is 8.29. The van der Waals surface area contributed by atoms with Gasteiger partial charge in [-0.05, 0) is 46.2 Å². The third-order valence-corrected chi connectivity index (χ3v) is 5.74. The molecule has 5 rings (SSSR count). The Kier molecular flexibility index (Phi) is 5.17. The van der Waals surface area contributed by atoms with Gasteiger partial charge in [0.1, 0.15) is 11.6 Å². The maximum absolute atomic E-state index is 13.7. The Morgan fingerprint density at radius 2 is 1.69 bits per heavy atom. The lowest BCUT2D eigenvalue weighted by molar-refractivity contribution is 0.415. The van der Waals surface area contributed by atoms with Crippen LogP contribution in [-0.2, 0) is 13.1 Å². The molecule has 0 aliphatic carbocycles. The normalized spacial score (nSPS) is 11.2. The van der Waals surface area contributed by atoms with Gasteiger partial charge in [0.05, 0.1) is 24.6 Å². The highest BCUT2D eigenvalue weighted by molar-refractivity contribution is 5.87. The molecule has 0 amide bonds. The van der Waals surface area contributed by atoms with Crippen LogP contribution in [0.2, 0.25) is 0 Å². The molecule has 0 saturated carbocycles. The molecule has 4 aromatic carbocycles. The fourth-order valence-corrected chi connectivity index (χ4v) is 4.06. The lowest BCUT2D eigenvalue weighted by Crippen LogP contribution is -2.24. The minimum absolute atomic E-state index is 0.102. The molecule has 158 valence electrons. The van der Waals surface area contributed by atoms with Crippen molar-refractivity contribution in [2.24, 2.45) is 5.73 Å². The van der Waals surface area contributed by atoms with E-state index in [0.717, 1.165) is 27.5 Å². The van der Waals surface area contributed by atoms with Gasteiger partial charge in [-0.15, -0.1) is 0 Å². The average molecular weight is 422 g/mol. The van der Waals surface area contributed by atoms with E-state index in [1.807, 2.05) is 54.6 Å². The number of methoxy groups -OCH3 is 1. The summed E-state index contributed by atoms with van der Waals surface area (Å²) in [5.41, 5.74) is 9.29. The molecule has 5 aromatic rings. The molecular formula is C27H23N3O2. The van der Waals surface area contributed by atoms with Crippen molar-refractivity contribution in [3.05, 3.63) is 106 Å². The highest BCUT2D eigenvalue weighted by Crippen LogP contribution is 2.26. The van der Waals surface area contributed by atoms with Gasteiger partial charge in [0.15, 0.2) is 0 Å². The number of rotatable bonds is 5. The van der Waals surface area contributed by atoms with E-state index < -0.39 is 0 Å².